The first-order chi connectivity index (χ1) is 10.5. The molecule has 0 atom stereocenters. The molecule has 1 aromatic carbocycles. The van der Waals surface area contributed by atoms with Crippen LogP contribution in [0.3, 0.4) is 0 Å². The van der Waals surface area contributed by atoms with Crippen LogP contribution in [0, 0.1) is 6.92 Å². The van der Waals surface area contributed by atoms with Gasteiger partial charge in [0.15, 0.2) is 0 Å². The number of rotatable bonds is 3. The minimum absolute atomic E-state index is 0.224. The molecule has 6 nitrogen and oxygen atoms in total. The van der Waals surface area contributed by atoms with Crippen molar-refractivity contribution in [3.63, 3.8) is 0 Å². The lowest BCUT2D eigenvalue weighted by Gasteiger charge is -2.15. The highest BCUT2D eigenvalue weighted by Crippen LogP contribution is 2.34. The van der Waals surface area contributed by atoms with Gasteiger partial charge >= 0.3 is 0 Å². The number of hydrogen-bond donors (Lipinski definition) is 1. The summed E-state index contributed by atoms with van der Waals surface area (Å²) in [5.41, 5.74) is 9.17. The fourth-order valence-corrected chi connectivity index (χ4v) is 2.51. The molecule has 2 aromatic heterocycles. The number of hydrogen-bond acceptors (Lipinski definition) is 5. The average Bonchev–Trinajstić information content (AvgIpc) is 2.88. The van der Waals surface area contributed by atoms with Gasteiger partial charge in [0.25, 0.3) is 5.78 Å². The Morgan fingerprint density at radius 3 is 2.41 bits per heavy atom. The van der Waals surface area contributed by atoms with Crippen LogP contribution in [0.15, 0.2) is 24.3 Å². The molecule has 0 saturated heterocycles. The van der Waals surface area contributed by atoms with Crippen LogP contribution in [0.5, 0.6) is 5.75 Å². The molecule has 3 aromatic rings. The quantitative estimate of drug-likeness (QED) is 0.804. The molecule has 0 aliphatic rings. The summed E-state index contributed by atoms with van der Waals surface area (Å²) in [5, 5.41) is 4.33. The van der Waals surface area contributed by atoms with Crippen molar-refractivity contribution in [3.8, 4) is 16.9 Å². The van der Waals surface area contributed by atoms with E-state index >= 15 is 0 Å². The third kappa shape index (κ3) is 2.26. The van der Waals surface area contributed by atoms with E-state index in [0.29, 0.717) is 17.4 Å². The molecule has 0 spiro atoms. The van der Waals surface area contributed by atoms with Crippen LogP contribution in [-0.4, -0.2) is 26.7 Å². The third-order valence-electron chi connectivity index (χ3n) is 3.58. The maximum absolute atomic E-state index is 6.36. The number of nitrogens with two attached hydrogens (primary N) is 1. The molecule has 0 aliphatic heterocycles. The van der Waals surface area contributed by atoms with Gasteiger partial charge in [-0.3, -0.25) is 0 Å². The standard InChI is InChI=1S/C16H19N5O/c1-9(2)14-13(11-5-7-12(22-4)8-6-11)15(17)21-16(19-14)18-10(3)20-21/h5-9H,17H2,1-4H3. The molecule has 0 fully saturated rings. The number of anilines is 1. The van der Waals surface area contributed by atoms with Crippen LogP contribution < -0.4 is 10.5 Å². The van der Waals surface area contributed by atoms with Crippen molar-refractivity contribution >= 4 is 11.6 Å². The minimum Gasteiger partial charge on any atom is -0.497 e. The summed E-state index contributed by atoms with van der Waals surface area (Å²) in [5.74, 6) is 2.77. The summed E-state index contributed by atoms with van der Waals surface area (Å²) >= 11 is 0. The first-order valence-corrected chi connectivity index (χ1v) is 7.18. The second-order valence-electron chi connectivity index (χ2n) is 5.51. The summed E-state index contributed by atoms with van der Waals surface area (Å²) in [6.07, 6.45) is 0. The molecule has 114 valence electrons. The van der Waals surface area contributed by atoms with E-state index in [4.69, 9.17) is 10.5 Å². The molecule has 0 radical (unpaired) electrons. The van der Waals surface area contributed by atoms with Crippen molar-refractivity contribution in [2.45, 2.75) is 26.7 Å². The van der Waals surface area contributed by atoms with Gasteiger partial charge in [0.2, 0.25) is 0 Å². The summed E-state index contributed by atoms with van der Waals surface area (Å²) in [4.78, 5) is 8.97. The van der Waals surface area contributed by atoms with Crippen LogP contribution in [-0.2, 0) is 0 Å². The van der Waals surface area contributed by atoms with E-state index in [1.807, 2.05) is 31.2 Å². The Morgan fingerprint density at radius 2 is 1.82 bits per heavy atom. The Balaban J connectivity index is 2.29. The number of nitrogens with zero attached hydrogens (tertiary/aromatic N) is 4. The van der Waals surface area contributed by atoms with E-state index in [1.54, 1.807) is 11.6 Å². The monoisotopic (exact) mass is 297 g/mol. The van der Waals surface area contributed by atoms with Crippen LogP contribution in [0.4, 0.5) is 5.82 Å². The highest BCUT2D eigenvalue weighted by molar-refractivity contribution is 5.78. The smallest absolute Gasteiger partial charge is 0.254 e. The largest absolute Gasteiger partial charge is 0.497 e. The molecule has 0 aliphatic carbocycles. The first kappa shape index (κ1) is 14.3. The lowest BCUT2D eigenvalue weighted by atomic mass is 9.98. The van der Waals surface area contributed by atoms with Crippen molar-refractivity contribution < 1.29 is 4.74 Å². The third-order valence-corrected chi connectivity index (χ3v) is 3.58. The zero-order valence-corrected chi connectivity index (χ0v) is 13.2. The van der Waals surface area contributed by atoms with Gasteiger partial charge in [-0.15, -0.1) is 5.10 Å². The van der Waals surface area contributed by atoms with E-state index in [2.05, 4.69) is 28.9 Å². The second kappa shape index (κ2) is 5.29. The first-order valence-electron chi connectivity index (χ1n) is 7.18. The van der Waals surface area contributed by atoms with Crippen LogP contribution in [0.25, 0.3) is 16.9 Å². The van der Waals surface area contributed by atoms with Gasteiger partial charge < -0.3 is 10.5 Å². The highest BCUT2D eigenvalue weighted by atomic mass is 16.5. The zero-order chi connectivity index (χ0) is 15.9. The van der Waals surface area contributed by atoms with Crippen molar-refractivity contribution in [3.05, 3.63) is 35.8 Å². The minimum atomic E-state index is 0.224. The second-order valence-corrected chi connectivity index (χ2v) is 5.51. The molecule has 3 rings (SSSR count). The van der Waals surface area contributed by atoms with Gasteiger partial charge in [-0.2, -0.15) is 9.50 Å². The molecule has 0 unspecified atom stereocenters. The lowest BCUT2D eigenvalue weighted by Crippen LogP contribution is -2.08. The van der Waals surface area contributed by atoms with Crippen molar-refractivity contribution in [1.29, 1.82) is 0 Å². The van der Waals surface area contributed by atoms with Crippen LogP contribution in [0.2, 0.25) is 0 Å². The Morgan fingerprint density at radius 1 is 1.14 bits per heavy atom. The molecule has 0 amide bonds. The topological polar surface area (TPSA) is 78.3 Å². The van der Waals surface area contributed by atoms with Crippen molar-refractivity contribution in [2.24, 2.45) is 0 Å². The molecule has 2 heterocycles. The molecule has 22 heavy (non-hydrogen) atoms. The number of aryl methyl sites for hydroxylation is 1. The molecule has 6 heteroatoms. The van der Waals surface area contributed by atoms with Crippen molar-refractivity contribution in [1.82, 2.24) is 19.6 Å². The predicted octanol–water partition coefficient (Wildman–Crippen LogP) is 2.81. The Labute approximate surface area is 129 Å². The molecule has 0 bridgehead atoms. The fourth-order valence-electron chi connectivity index (χ4n) is 2.51. The van der Waals surface area contributed by atoms with Gasteiger partial charge in [0.1, 0.15) is 17.4 Å². The predicted molar refractivity (Wildman–Crippen MR) is 86.0 cm³/mol. The average molecular weight is 297 g/mol. The Hall–Kier alpha value is -2.63. The normalized spacial score (nSPS) is 11.3. The zero-order valence-electron chi connectivity index (χ0n) is 13.2. The van der Waals surface area contributed by atoms with E-state index in [9.17, 15) is 0 Å². The number of methoxy groups -OCH3 is 1. The van der Waals surface area contributed by atoms with Crippen LogP contribution >= 0.6 is 0 Å². The number of fused-ring (bicyclic) bond motifs is 1. The summed E-state index contributed by atoms with van der Waals surface area (Å²) in [7, 11) is 1.65. The Bertz CT molecular complexity index is 821. The van der Waals surface area contributed by atoms with Gasteiger partial charge in [0, 0.05) is 5.56 Å². The number of nitrogen functional groups attached to an aromatic ring is 1. The number of ether oxygens (including phenoxy) is 1. The van der Waals surface area contributed by atoms with E-state index in [0.717, 1.165) is 22.6 Å². The molecular formula is C16H19N5O. The maximum atomic E-state index is 6.36. The number of aromatic nitrogens is 4. The summed E-state index contributed by atoms with van der Waals surface area (Å²) in [6, 6.07) is 7.78. The van der Waals surface area contributed by atoms with Gasteiger partial charge in [-0.05, 0) is 30.5 Å². The fraction of sp³-hybridized carbons (Fsp3) is 0.312. The van der Waals surface area contributed by atoms with Crippen molar-refractivity contribution in [2.75, 3.05) is 12.8 Å². The Kier molecular flexibility index (Phi) is 3.44. The molecule has 2 N–H and O–H groups in total. The maximum Gasteiger partial charge on any atom is 0.254 e. The summed E-state index contributed by atoms with van der Waals surface area (Å²) < 4.78 is 6.81. The van der Waals surface area contributed by atoms with Gasteiger partial charge in [0.05, 0.1) is 12.8 Å². The molecule has 0 saturated carbocycles. The van der Waals surface area contributed by atoms with Gasteiger partial charge in [-0.25, -0.2) is 4.98 Å². The van der Waals surface area contributed by atoms with E-state index < -0.39 is 0 Å². The van der Waals surface area contributed by atoms with Gasteiger partial charge in [-0.1, -0.05) is 26.0 Å². The molecular weight excluding hydrogens is 278 g/mol. The van der Waals surface area contributed by atoms with E-state index in [-0.39, 0.29) is 5.92 Å². The van der Waals surface area contributed by atoms with Crippen LogP contribution in [0.1, 0.15) is 31.3 Å². The highest BCUT2D eigenvalue weighted by Gasteiger charge is 2.19. The van der Waals surface area contributed by atoms with E-state index in [1.165, 1.54) is 0 Å². The SMILES string of the molecule is COc1ccc(-c2c(C(C)C)nc3nc(C)nn3c2N)cc1. The summed E-state index contributed by atoms with van der Waals surface area (Å²) in [6.45, 7) is 6.01. The lowest BCUT2D eigenvalue weighted by molar-refractivity contribution is 0.415. The number of benzene rings is 1.